The molecular formula is C21H26ClN3O4S2. The Labute approximate surface area is 192 Å². The normalized spacial score (nSPS) is 18.1. The zero-order valence-electron chi connectivity index (χ0n) is 17.4. The number of amides is 1. The van der Waals surface area contributed by atoms with Crippen LogP contribution in [0.5, 0.6) is 5.75 Å². The fourth-order valence-corrected chi connectivity index (χ4v) is 7.08. The van der Waals surface area contributed by atoms with Crippen LogP contribution < -0.4 is 4.74 Å². The average Bonchev–Trinajstić information content (AvgIpc) is 3.21. The lowest BCUT2D eigenvalue weighted by molar-refractivity contribution is -0.133. The van der Waals surface area contributed by atoms with Crippen molar-refractivity contribution >= 4 is 38.9 Å². The van der Waals surface area contributed by atoms with Crippen LogP contribution in [-0.4, -0.2) is 74.3 Å². The first-order chi connectivity index (χ1) is 14.9. The first-order valence-corrected chi connectivity index (χ1v) is 13.0. The van der Waals surface area contributed by atoms with E-state index in [4.69, 9.17) is 16.3 Å². The Kier molecular flexibility index (Phi) is 6.88. The molecule has 1 aromatic carbocycles. The van der Waals surface area contributed by atoms with Crippen LogP contribution in [0.1, 0.15) is 18.1 Å². The molecule has 2 aliphatic rings. The van der Waals surface area contributed by atoms with Gasteiger partial charge in [-0.05, 0) is 48.7 Å². The summed E-state index contributed by atoms with van der Waals surface area (Å²) in [7, 11) is -3.55. The molecule has 0 unspecified atom stereocenters. The Balaban J connectivity index is 1.32. The van der Waals surface area contributed by atoms with Gasteiger partial charge >= 0.3 is 0 Å². The SMILES string of the molecule is CCOc1ccc2c(c1)CN(CC(=O)N1CCN(S(=O)(=O)c3ccc(Cl)s3)CC1)CC2. The van der Waals surface area contributed by atoms with E-state index in [0.29, 0.717) is 43.7 Å². The Hall–Kier alpha value is -1.65. The minimum atomic E-state index is -3.55. The van der Waals surface area contributed by atoms with Crippen molar-refractivity contribution in [3.8, 4) is 5.75 Å². The summed E-state index contributed by atoms with van der Waals surface area (Å²) in [5.41, 5.74) is 2.51. The van der Waals surface area contributed by atoms with Crippen molar-refractivity contribution < 1.29 is 17.9 Å². The topological polar surface area (TPSA) is 70.2 Å². The van der Waals surface area contributed by atoms with Crippen LogP contribution in [0.2, 0.25) is 4.34 Å². The average molecular weight is 484 g/mol. The Morgan fingerprint density at radius 3 is 2.55 bits per heavy atom. The standard InChI is InChI=1S/C21H26ClN3O4S2/c1-2-29-18-4-3-16-7-8-23(14-17(16)13-18)15-20(26)24-9-11-25(12-10-24)31(27,28)21-6-5-19(22)30-21/h3-6,13H,2,7-12,14-15H2,1H3. The highest BCUT2D eigenvalue weighted by Crippen LogP contribution is 2.29. The number of carbonyl (C=O) groups is 1. The fraction of sp³-hybridized carbons (Fsp3) is 0.476. The van der Waals surface area contributed by atoms with Crippen molar-refractivity contribution in [1.29, 1.82) is 0 Å². The van der Waals surface area contributed by atoms with Crippen LogP contribution in [0.3, 0.4) is 0 Å². The Morgan fingerprint density at radius 1 is 1.10 bits per heavy atom. The fourth-order valence-electron chi connectivity index (χ4n) is 4.02. The van der Waals surface area contributed by atoms with Crippen LogP contribution in [0, 0.1) is 0 Å². The molecule has 168 valence electrons. The minimum absolute atomic E-state index is 0.0422. The van der Waals surface area contributed by atoms with Crippen molar-refractivity contribution in [3.63, 3.8) is 0 Å². The molecule has 1 saturated heterocycles. The zero-order chi connectivity index (χ0) is 22.0. The van der Waals surface area contributed by atoms with E-state index in [1.807, 2.05) is 13.0 Å². The van der Waals surface area contributed by atoms with Gasteiger partial charge in [-0.15, -0.1) is 11.3 Å². The molecule has 31 heavy (non-hydrogen) atoms. The number of nitrogens with zero attached hydrogens (tertiary/aromatic N) is 3. The molecule has 0 N–H and O–H groups in total. The van der Waals surface area contributed by atoms with Crippen molar-refractivity contribution in [2.24, 2.45) is 0 Å². The molecule has 3 heterocycles. The molecule has 10 heteroatoms. The van der Waals surface area contributed by atoms with Gasteiger partial charge in [0.1, 0.15) is 9.96 Å². The maximum Gasteiger partial charge on any atom is 0.252 e. The van der Waals surface area contributed by atoms with E-state index in [0.717, 1.165) is 36.6 Å². The molecule has 0 aliphatic carbocycles. The number of carbonyl (C=O) groups excluding carboxylic acids is 1. The van der Waals surface area contributed by atoms with E-state index in [9.17, 15) is 13.2 Å². The second-order valence-corrected chi connectivity index (χ2v) is 11.5. The van der Waals surface area contributed by atoms with E-state index in [1.165, 1.54) is 21.5 Å². The smallest absolute Gasteiger partial charge is 0.252 e. The van der Waals surface area contributed by atoms with Crippen molar-refractivity contribution in [2.45, 2.75) is 24.1 Å². The lowest BCUT2D eigenvalue weighted by atomic mass is 9.99. The third kappa shape index (κ3) is 5.06. The number of hydrogen-bond donors (Lipinski definition) is 0. The number of piperazine rings is 1. The maximum atomic E-state index is 12.9. The summed E-state index contributed by atoms with van der Waals surface area (Å²) >= 11 is 6.95. The lowest BCUT2D eigenvalue weighted by Gasteiger charge is -2.35. The van der Waals surface area contributed by atoms with Crippen LogP contribution in [0.25, 0.3) is 0 Å². The summed E-state index contributed by atoms with van der Waals surface area (Å²) < 4.78 is 33.2. The van der Waals surface area contributed by atoms with Gasteiger partial charge in [0, 0.05) is 39.3 Å². The summed E-state index contributed by atoms with van der Waals surface area (Å²) in [4.78, 5) is 16.8. The number of benzene rings is 1. The highest BCUT2D eigenvalue weighted by atomic mass is 35.5. The first kappa shape index (κ1) is 22.5. The highest BCUT2D eigenvalue weighted by Gasteiger charge is 2.31. The van der Waals surface area contributed by atoms with Gasteiger partial charge in [-0.1, -0.05) is 17.7 Å². The molecule has 1 fully saturated rings. The second-order valence-electron chi connectivity index (χ2n) is 7.67. The summed E-state index contributed by atoms with van der Waals surface area (Å²) in [6.07, 6.45) is 0.907. The van der Waals surface area contributed by atoms with Gasteiger partial charge in [0.2, 0.25) is 5.91 Å². The summed E-state index contributed by atoms with van der Waals surface area (Å²) in [6, 6.07) is 9.30. The zero-order valence-corrected chi connectivity index (χ0v) is 19.8. The van der Waals surface area contributed by atoms with Gasteiger partial charge in [0.15, 0.2) is 0 Å². The van der Waals surface area contributed by atoms with Gasteiger partial charge < -0.3 is 9.64 Å². The predicted molar refractivity (Wildman–Crippen MR) is 121 cm³/mol. The number of thiophene rings is 1. The quantitative estimate of drug-likeness (QED) is 0.631. The van der Waals surface area contributed by atoms with Crippen LogP contribution in [-0.2, 0) is 27.8 Å². The maximum absolute atomic E-state index is 12.9. The van der Waals surface area contributed by atoms with Crippen LogP contribution in [0.15, 0.2) is 34.5 Å². The third-order valence-corrected chi connectivity index (χ3v) is 9.27. The molecule has 2 aliphatic heterocycles. The summed E-state index contributed by atoms with van der Waals surface area (Å²) in [5.74, 6) is 0.902. The van der Waals surface area contributed by atoms with E-state index in [2.05, 4.69) is 17.0 Å². The van der Waals surface area contributed by atoms with Crippen LogP contribution in [0.4, 0.5) is 0 Å². The van der Waals surface area contributed by atoms with Crippen molar-refractivity contribution in [3.05, 3.63) is 45.8 Å². The highest BCUT2D eigenvalue weighted by molar-refractivity contribution is 7.91. The Morgan fingerprint density at radius 2 is 1.87 bits per heavy atom. The molecule has 0 radical (unpaired) electrons. The van der Waals surface area contributed by atoms with E-state index < -0.39 is 10.0 Å². The lowest BCUT2D eigenvalue weighted by Crippen LogP contribution is -2.52. The van der Waals surface area contributed by atoms with Gasteiger partial charge in [-0.25, -0.2) is 8.42 Å². The van der Waals surface area contributed by atoms with E-state index >= 15 is 0 Å². The molecular weight excluding hydrogens is 458 g/mol. The number of fused-ring (bicyclic) bond motifs is 1. The molecule has 0 bridgehead atoms. The first-order valence-electron chi connectivity index (χ1n) is 10.4. The molecule has 0 atom stereocenters. The number of halogens is 1. The van der Waals surface area contributed by atoms with Crippen molar-refractivity contribution in [2.75, 3.05) is 45.9 Å². The molecule has 1 amide bonds. The van der Waals surface area contributed by atoms with E-state index in [1.54, 1.807) is 11.0 Å². The monoisotopic (exact) mass is 483 g/mol. The molecule has 2 aromatic rings. The van der Waals surface area contributed by atoms with Gasteiger partial charge in [-0.2, -0.15) is 4.31 Å². The molecule has 1 aromatic heterocycles. The van der Waals surface area contributed by atoms with Crippen LogP contribution >= 0.6 is 22.9 Å². The number of hydrogen-bond acceptors (Lipinski definition) is 6. The predicted octanol–water partition coefficient (Wildman–Crippen LogP) is 2.69. The molecule has 4 rings (SSSR count). The second kappa shape index (κ2) is 9.46. The Bertz CT molecular complexity index is 1050. The molecule has 0 saturated carbocycles. The minimum Gasteiger partial charge on any atom is -0.494 e. The molecule has 0 spiro atoms. The van der Waals surface area contributed by atoms with E-state index in [-0.39, 0.29) is 10.1 Å². The number of sulfonamides is 1. The molecule has 7 nitrogen and oxygen atoms in total. The third-order valence-electron chi connectivity index (χ3n) is 5.67. The summed E-state index contributed by atoms with van der Waals surface area (Å²) in [5, 5.41) is 0. The van der Waals surface area contributed by atoms with Crippen molar-refractivity contribution in [1.82, 2.24) is 14.1 Å². The van der Waals surface area contributed by atoms with Gasteiger partial charge in [-0.3, -0.25) is 9.69 Å². The number of ether oxygens (including phenoxy) is 1. The van der Waals surface area contributed by atoms with Gasteiger partial charge in [0.05, 0.1) is 17.5 Å². The summed E-state index contributed by atoms with van der Waals surface area (Å²) in [6.45, 7) is 5.87. The largest absolute Gasteiger partial charge is 0.494 e. The number of rotatable bonds is 6. The van der Waals surface area contributed by atoms with Gasteiger partial charge in [0.25, 0.3) is 10.0 Å².